The van der Waals surface area contributed by atoms with Gasteiger partial charge in [-0.3, -0.25) is 4.79 Å². The van der Waals surface area contributed by atoms with Gasteiger partial charge in [0.05, 0.1) is 7.11 Å². The summed E-state index contributed by atoms with van der Waals surface area (Å²) in [5.41, 5.74) is 0.716. The molecular weight excluding hydrogens is 232 g/mol. The van der Waals surface area contributed by atoms with Gasteiger partial charge in [-0.1, -0.05) is 30.0 Å². The number of ether oxygens (including phenoxy) is 1. The molecule has 0 saturated heterocycles. The maximum Gasteiger partial charge on any atom is 0.151 e. The highest BCUT2D eigenvalue weighted by Crippen LogP contribution is 2.30. The van der Waals surface area contributed by atoms with Gasteiger partial charge in [0, 0.05) is 15.4 Å². The van der Waals surface area contributed by atoms with Gasteiger partial charge in [0.1, 0.15) is 5.75 Å². The minimum atomic E-state index is 0.716. The van der Waals surface area contributed by atoms with Crippen molar-refractivity contribution in [1.82, 2.24) is 0 Å². The molecule has 2 aromatic rings. The highest BCUT2D eigenvalue weighted by Gasteiger charge is 2.02. The van der Waals surface area contributed by atoms with E-state index in [0.29, 0.717) is 5.56 Å². The first kappa shape index (κ1) is 11.7. The van der Waals surface area contributed by atoms with E-state index in [2.05, 4.69) is 0 Å². The monoisotopic (exact) mass is 244 g/mol. The van der Waals surface area contributed by atoms with E-state index >= 15 is 0 Å². The van der Waals surface area contributed by atoms with Crippen LogP contribution in [0.3, 0.4) is 0 Å². The Kier molecular flexibility index (Phi) is 3.83. The van der Waals surface area contributed by atoms with Crippen molar-refractivity contribution < 1.29 is 9.53 Å². The fourth-order valence-corrected chi connectivity index (χ4v) is 2.35. The third-order valence-corrected chi connectivity index (χ3v) is 3.43. The molecule has 86 valence electrons. The molecule has 0 bridgehead atoms. The molecule has 0 aliphatic rings. The van der Waals surface area contributed by atoms with Crippen LogP contribution in [0.1, 0.15) is 10.4 Å². The van der Waals surface area contributed by atoms with Gasteiger partial charge in [-0.2, -0.15) is 0 Å². The standard InChI is InChI=1S/C14H12O2S/c1-16-12-6-8-13(9-7-12)17-14-5-3-2-4-11(14)10-15/h2-10H,1H3. The third-order valence-electron chi connectivity index (χ3n) is 2.33. The van der Waals surface area contributed by atoms with Crippen molar-refractivity contribution in [2.75, 3.05) is 7.11 Å². The molecule has 0 aromatic heterocycles. The number of hydrogen-bond donors (Lipinski definition) is 0. The van der Waals surface area contributed by atoms with Crippen molar-refractivity contribution in [3.05, 3.63) is 54.1 Å². The van der Waals surface area contributed by atoms with Crippen molar-refractivity contribution in [3.63, 3.8) is 0 Å². The van der Waals surface area contributed by atoms with Crippen molar-refractivity contribution in [3.8, 4) is 5.75 Å². The minimum Gasteiger partial charge on any atom is -0.497 e. The molecule has 2 aromatic carbocycles. The molecule has 3 heteroatoms. The number of hydrogen-bond acceptors (Lipinski definition) is 3. The van der Waals surface area contributed by atoms with Crippen molar-refractivity contribution >= 4 is 18.0 Å². The molecule has 0 fully saturated rings. The Morgan fingerprint density at radius 1 is 1.06 bits per heavy atom. The zero-order valence-corrected chi connectivity index (χ0v) is 10.2. The van der Waals surface area contributed by atoms with E-state index in [1.807, 2.05) is 48.5 Å². The molecule has 17 heavy (non-hydrogen) atoms. The van der Waals surface area contributed by atoms with Crippen LogP contribution in [0.4, 0.5) is 0 Å². The quantitative estimate of drug-likeness (QED) is 0.768. The van der Waals surface area contributed by atoms with E-state index in [-0.39, 0.29) is 0 Å². The highest BCUT2D eigenvalue weighted by atomic mass is 32.2. The molecule has 2 nitrogen and oxygen atoms in total. The summed E-state index contributed by atoms with van der Waals surface area (Å²) in [6.07, 6.45) is 0.881. The lowest BCUT2D eigenvalue weighted by atomic mass is 10.2. The summed E-state index contributed by atoms with van der Waals surface area (Å²) in [4.78, 5) is 12.9. The Balaban J connectivity index is 2.22. The van der Waals surface area contributed by atoms with Crippen LogP contribution in [0.25, 0.3) is 0 Å². The molecule has 0 aliphatic carbocycles. The molecule has 0 radical (unpaired) electrons. The molecule has 0 aliphatic heterocycles. The van der Waals surface area contributed by atoms with Crippen LogP contribution in [0.2, 0.25) is 0 Å². The molecule has 2 rings (SSSR count). The van der Waals surface area contributed by atoms with Crippen LogP contribution < -0.4 is 4.74 Å². The van der Waals surface area contributed by atoms with Crippen LogP contribution in [0.5, 0.6) is 5.75 Å². The molecule has 0 amide bonds. The van der Waals surface area contributed by atoms with Gasteiger partial charge in [0.25, 0.3) is 0 Å². The van der Waals surface area contributed by atoms with Crippen molar-refractivity contribution in [2.24, 2.45) is 0 Å². The first-order valence-electron chi connectivity index (χ1n) is 5.19. The van der Waals surface area contributed by atoms with Gasteiger partial charge < -0.3 is 4.74 Å². The van der Waals surface area contributed by atoms with Crippen molar-refractivity contribution in [1.29, 1.82) is 0 Å². The average molecular weight is 244 g/mol. The summed E-state index contributed by atoms with van der Waals surface area (Å²) in [5, 5.41) is 0. The number of carbonyl (C=O) groups excluding carboxylic acids is 1. The smallest absolute Gasteiger partial charge is 0.151 e. The summed E-state index contributed by atoms with van der Waals surface area (Å²) >= 11 is 1.57. The zero-order valence-electron chi connectivity index (χ0n) is 9.42. The first-order valence-corrected chi connectivity index (χ1v) is 6.01. The van der Waals surface area contributed by atoms with Gasteiger partial charge in [-0.05, 0) is 30.3 Å². The predicted octanol–water partition coefficient (Wildman–Crippen LogP) is 3.66. The molecule has 0 atom stereocenters. The second-order valence-corrected chi connectivity index (χ2v) is 4.55. The Bertz CT molecular complexity index is 506. The summed E-state index contributed by atoms with van der Waals surface area (Å²) < 4.78 is 5.10. The molecule has 0 unspecified atom stereocenters. The van der Waals surface area contributed by atoms with Crippen LogP contribution in [0, 0.1) is 0 Å². The average Bonchev–Trinajstić information content (AvgIpc) is 2.40. The Labute approximate surface area is 105 Å². The summed E-state index contributed by atoms with van der Waals surface area (Å²) in [6.45, 7) is 0. The van der Waals surface area contributed by atoms with E-state index in [1.54, 1.807) is 18.9 Å². The van der Waals surface area contributed by atoms with E-state index < -0.39 is 0 Å². The Hall–Kier alpha value is -1.74. The molecular formula is C14H12O2S. The second kappa shape index (κ2) is 5.55. The zero-order chi connectivity index (χ0) is 12.1. The van der Waals surface area contributed by atoms with E-state index in [0.717, 1.165) is 21.8 Å². The van der Waals surface area contributed by atoms with Gasteiger partial charge in [0.2, 0.25) is 0 Å². The minimum absolute atomic E-state index is 0.716. The Morgan fingerprint density at radius 3 is 2.41 bits per heavy atom. The lowest BCUT2D eigenvalue weighted by Crippen LogP contribution is -1.84. The topological polar surface area (TPSA) is 26.3 Å². The number of aldehydes is 1. The number of benzene rings is 2. The normalized spacial score (nSPS) is 9.94. The number of carbonyl (C=O) groups is 1. The fraction of sp³-hybridized carbons (Fsp3) is 0.0714. The van der Waals surface area contributed by atoms with Crippen LogP contribution in [0.15, 0.2) is 58.3 Å². The van der Waals surface area contributed by atoms with Crippen LogP contribution in [-0.4, -0.2) is 13.4 Å². The maximum atomic E-state index is 10.9. The third kappa shape index (κ3) is 2.88. The SMILES string of the molecule is COc1ccc(Sc2ccccc2C=O)cc1. The molecule has 0 N–H and O–H groups in total. The number of methoxy groups -OCH3 is 1. The predicted molar refractivity (Wildman–Crippen MR) is 68.9 cm³/mol. The summed E-state index contributed by atoms with van der Waals surface area (Å²) in [6, 6.07) is 15.3. The maximum absolute atomic E-state index is 10.9. The van der Waals surface area contributed by atoms with Gasteiger partial charge in [0.15, 0.2) is 6.29 Å². The van der Waals surface area contributed by atoms with Crippen LogP contribution in [-0.2, 0) is 0 Å². The van der Waals surface area contributed by atoms with Gasteiger partial charge >= 0.3 is 0 Å². The number of rotatable bonds is 4. The Morgan fingerprint density at radius 2 is 1.76 bits per heavy atom. The molecule has 0 saturated carbocycles. The second-order valence-electron chi connectivity index (χ2n) is 3.43. The lowest BCUT2D eigenvalue weighted by Gasteiger charge is -2.05. The summed E-state index contributed by atoms with van der Waals surface area (Å²) in [5.74, 6) is 0.832. The lowest BCUT2D eigenvalue weighted by molar-refractivity contribution is 0.112. The highest BCUT2D eigenvalue weighted by molar-refractivity contribution is 7.99. The van der Waals surface area contributed by atoms with E-state index in [1.165, 1.54) is 0 Å². The summed E-state index contributed by atoms with van der Waals surface area (Å²) in [7, 11) is 1.64. The van der Waals surface area contributed by atoms with E-state index in [9.17, 15) is 4.79 Å². The molecule has 0 spiro atoms. The molecule has 0 heterocycles. The van der Waals surface area contributed by atoms with Crippen molar-refractivity contribution in [2.45, 2.75) is 9.79 Å². The van der Waals surface area contributed by atoms with E-state index in [4.69, 9.17) is 4.74 Å². The van der Waals surface area contributed by atoms with Gasteiger partial charge in [-0.25, -0.2) is 0 Å². The van der Waals surface area contributed by atoms with Gasteiger partial charge in [-0.15, -0.1) is 0 Å². The fourth-order valence-electron chi connectivity index (χ4n) is 1.44. The first-order chi connectivity index (χ1) is 8.33. The van der Waals surface area contributed by atoms with Crippen LogP contribution >= 0.6 is 11.8 Å². The largest absolute Gasteiger partial charge is 0.497 e.